The van der Waals surface area contributed by atoms with E-state index in [1.807, 2.05) is 18.2 Å². The van der Waals surface area contributed by atoms with Crippen molar-refractivity contribution in [2.45, 2.75) is 32.4 Å². The van der Waals surface area contributed by atoms with Crippen LogP contribution in [0.1, 0.15) is 31.0 Å². The van der Waals surface area contributed by atoms with Crippen LogP contribution in [0.25, 0.3) is 0 Å². The number of halogens is 1. The van der Waals surface area contributed by atoms with E-state index in [9.17, 15) is 0 Å². The zero-order valence-corrected chi connectivity index (χ0v) is 12.3. The molecule has 0 saturated carbocycles. The van der Waals surface area contributed by atoms with Gasteiger partial charge < -0.3 is 5.32 Å². The van der Waals surface area contributed by atoms with Gasteiger partial charge in [0.15, 0.2) is 0 Å². The lowest BCUT2D eigenvalue weighted by atomic mass is 10.1. The molecule has 18 heavy (non-hydrogen) atoms. The second-order valence-electron chi connectivity index (χ2n) is 4.65. The minimum Gasteiger partial charge on any atom is -0.307 e. The van der Waals surface area contributed by atoms with Gasteiger partial charge in [-0.25, -0.2) is 0 Å². The first-order valence-electron chi connectivity index (χ1n) is 6.18. The van der Waals surface area contributed by atoms with Gasteiger partial charge in [-0.1, -0.05) is 29.8 Å². The zero-order valence-electron chi connectivity index (χ0n) is 10.7. The highest BCUT2D eigenvalue weighted by Gasteiger charge is 2.12. The fourth-order valence-electron chi connectivity index (χ4n) is 2.16. The predicted octanol–water partition coefficient (Wildman–Crippen LogP) is 4.68. The maximum absolute atomic E-state index is 6.21. The lowest BCUT2D eigenvalue weighted by Gasteiger charge is -2.21. The molecule has 1 nitrogen and oxygen atoms in total. The van der Waals surface area contributed by atoms with Crippen LogP contribution < -0.4 is 5.32 Å². The lowest BCUT2D eigenvalue weighted by Crippen LogP contribution is -2.30. The smallest absolute Gasteiger partial charge is 0.0453 e. The fraction of sp³-hybridized carbons (Fsp3) is 0.333. The Hall–Kier alpha value is -0.830. The maximum Gasteiger partial charge on any atom is 0.0453 e. The molecule has 0 saturated heterocycles. The highest BCUT2D eigenvalue weighted by molar-refractivity contribution is 7.07. The number of thiophene rings is 1. The predicted molar refractivity (Wildman–Crippen MR) is 80.5 cm³/mol. The van der Waals surface area contributed by atoms with Gasteiger partial charge in [0.25, 0.3) is 0 Å². The van der Waals surface area contributed by atoms with E-state index in [-0.39, 0.29) is 6.04 Å². The summed E-state index contributed by atoms with van der Waals surface area (Å²) in [4.78, 5) is 0. The Kier molecular flexibility index (Phi) is 4.81. The molecular formula is C15H18ClNS. The summed E-state index contributed by atoms with van der Waals surface area (Å²) < 4.78 is 0. The van der Waals surface area contributed by atoms with E-state index in [2.05, 4.69) is 42.1 Å². The van der Waals surface area contributed by atoms with Crippen molar-refractivity contribution in [2.75, 3.05) is 0 Å². The van der Waals surface area contributed by atoms with Gasteiger partial charge in [-0.3, -0.25) is 0 Å². The summed E-state index contributed by atoms with van der Waals surface area (Å²) in [6.45, 7) is 4.37. The standard InChI is InChI=1S/C15H18ClNS/c1-11(9-13-7-8-18-10-13)17-12(2)14-5-3-4-6-15(14)16/h3-8,10-12,17H,9H2,1-2H3. The van der Waals surface area contributed by atoms with E-state index in [1.165, 1.54) is 5.56 Å². The van der Waals surface area contributed by atoms with Crippen molar-refractivity contribution in [3.8, 4) is 0 Å². The number of nitrogens with one attached hydrogen (secondary N) is 1. The van der Waals surface area contributed by atoms with Gasteiger partial charge in [0.2, 0.25) is 0 Å². The molecule has 96 valence electrons. The van der Waals surface area contributed by atoms with Crippen molar-refractivity contribution in [3.05, 3.63) is 57.2 Å². The number of rotatable bonds is 5. The van der Waals surface area contributed by atoms with Gasteiger partial charge in [-0.05, 0) is 54.3 Å². The third-order valence-electron chi connectivity index (χ3n) is 3.03. The van der Waals surface area contributed by atoms with Gasteiger partial charge in [0.05, 0.1) is 0 Å². The monoisotopic (exact) mass is 279 g/mol. The van der Waals surface area contributed by atoms with Gasteiger partial charge in [-0.2, -0.15) is 11.3 Å². The van der Waals surface area contributed by atoms with Gasteiger partial charge in [0.1, 0.15) is 0 Å². The molecule has 1 N–H and O–H groups in total. The van der Waals surface area contributed by atoms with Crippen molar-refractivity contribution in [1.82, 2.24) is 5.32 Å². The molecule has 0 aliphatic carbocycles. The molecule has 1 aromatic carbocycles. The number of hydrogen-bond donors (Lipinski definition) is 1. The molecule has 0 fully saturated rings. The van der Waals surface area contributed by atoms with Gasteiger partial charge >= 0.3 is 0 Å². The Morgan fingerprint density at radius 2 is 2.00 bits per heavy atom. The summed E-state index contributed by atoms with van der Waals surface area (Å²) in [5, 5.41) is 8.76. The van der Waals surface area contributed by atoms with Crippen LogP contribution in [0.15, 0.2) is 41.1 Å². The topological polar surface area (TPSA) is 12.0 Å². The van der Waals surface area contributed by atoms with E-state index in [0.29, 0.717) is 6.04 Å². The van der Waals surface area contributed by atoms with Crippen LogP contribution in [0, 0.1) is 0 Å². The molecule has 2 atom stereocenters. The first-order chi connectivity index (χ1) is 8.66. The molecule has 0 spiro atoms. The van der Waals surface area contributed by atoms with E-state index in [0.717, 1.165) is 17.0 Å². The molecular weight excluding hydrogens is 262 g/mol. The zero-order chi connectivity index (χ0) is 13.0. The van der Waals surface area contributed by atoms with Crippen molar-refractivity contribution in [1.29, 1.82) is 0 Å². The largest absolute Gasteiger partial charge is 0.307 e. The van der Waals surface area contributed by atoms with E-state index >= 15 is 0 Å². The minimum absolute atomic E-state index is 0.271. The summed E-state index contributed by atoms with van der Waals surface area (Å²) in [6, 6.07) is 10.9. The Morgan fingerprint density at radius 3 is 2.67 bits per heavy atom. The van der Waals surface area contributed by atoms with Crippen LogP contribution in [-0.2, 0) is 6.42 Å². The summed E-state index contributed by atoms with van der Waals surface area (Å²) >= 11 is 7.96. The molecule has 2 rings (SSSR count). The Balaban J connectivity index is 1.95. The van der Waals surface area contributed by atoms with Gasteiger partial charge in [0, 0.05) is 17.1 Å². The molecule has 1 aromatic heterocycles. The van der Waals surface area contributed by atoms with Crippen LogP contribution in [-0.4, -0.2) is 6.04 Å². The third kappa shape index (κ3) is 3.58. The SMILES string of the molecule is CC(Cc1ccsc1)NC(C)c1ccccc1Cl. The molecule has 3 heteroatoms. The molecule has 1 heterocycles. The minimum atomic E-state index is 0.271. The highest BCUT2D eigenvalue weighted by atomic mass is 35.5. The van der Waals surface area contributed by atoms with Crippen LogP contribution >= 0.6 is 22.9 Å². The Labute approximate surface area is 118 Å². The van der Waals surface area contributed by atoms with Crippen LogP contribution in [0.3, 0.4) is 0 Å². The van der Waals surface area contributed by atoms with Crippen molar-refractivity contribution < 1.29 is 0 Å². The van der Waals surface area contributed by atoms with Crippen LogP contribution in [0.2, 0.25) is 5.02 Å². The van der Waals surface area contributed by atoms with Crippen LogP contribution in [0.4, 0.5) is 0 Å². The highest BCUT2D eigenvalue weighted by Crippen LogP contribution is 2.22. The molecule has 0 aliphatic rings. The van der Waals surface area contributed by atoms with Crippen molar-refractivity contribution in [2.24, 2.45) is 0 Å². The van der Waals surface area contributed by atoms with Crippen LogP contribution in [0.5, 0.6) is 0 Å². The number of hydrogen-bond acceptors (Lipinski definition) is 2. The Bertz CT molecular complexity index is 481. The fourth-order valence-corrected chi connectivity index (χ4v) is 3.15. The summed E-state index contributed by atoms with van der Waals surface area (Å²) in [5.74, 6) is 0. The molecule has 0 radical (unpaired) electrons. The molecule has 2 unspecified atom stereocenters. The van der Waals surface area contributed by atoms with E-state index < -0.39 is 0 Å². The van der Waals surface area contributed by atoms with Crippen molar-refractivity contribution >= 4 is 22.9 Å². The normalized spacial score (nSPS) is 14.4. The van der Waals surface area contributed by atoms with Crippen molar-refractivity contribution in [3.63, 3.8) is 0 Å². The first-order valence-corrected chi connectivity index (χ1v) is 7.50. The quantitative estimate of drug-likeness (QED) is 0.838. The molecule has 2 aromatic rings. The molecule has 0 aliphatic heterocycles. The first kappa shape index (κ1) is 13.6. The molecule has 0 amide bonds. The Morgan fingerprint density at radius 1 is 1.22 bits per heavy atom. The summed E-state index contributed by atoms with van der Waals surface area (Å²) in [5.41, 5.74) is 2.56. The second kappa shape index (κ2) is 6.37. The second-order valence-corrected chi connectivity index (χ2v) is 5.83. The lowest BCUT2D eigenvalue weighted by molar-refractivity contribution is 0.477. The average molecular weight is 280 g/mol. The van der Waals surface area contributed by atoms with E-state index in [4.69, 9.17) is 11.6 Å². The number of benzene rings is 1. The summed E-state index contributed by atoms with van der Waals surface area (Å²) in [6.07, 6.45) is 1.05. The van der Waals surface area contributed by atoms with E-state index in [1.54, 1.807) is 11.3 Å². The maximum atomic E-state index is 6.21. The average Bonchev–Trinajstić information content (AvgIpc) is 2.82. The van der Waals surface area contributed by atoms with Gasteiger partial charge in [-0.15, -0.1) is 0 Å². The summed E-state index contributed by atoms with van der Waals surface area (Å²) in [7, 11) is 0. The molecule has 0 bridgehead atoms. The third-order valence-corrected chi connectivity index (χ3v) is 4.10.